The van der Waals surface area contributed by atoms with Gasteiger partial charge in [0.2, 0.25) is 0 Å². The summed E-state index contributed by atoms with van der Waals surface area (Å²) in [5, 5.41) is 0.617. The average Bonchev–Trinajstić information content (AvgIpc) is 4.10. The van der Waals surface area contributed by atoms with Gasteiger partial charge < -0.3 is 9.32 Å². The minimum Gasteiger partial charge on any atom is -0.456 e. The molecular weight excluding hydrogens is 904 g/mol. The molecule has 1 aromatic heterocycles. The van der Waals surface area contributed by atoms with Crippen molar-refractivity contribution in [1.82, 2.24) is 0 Å². The van der Waals surface area contributed by atoms with E-state index in [9.17, 15) is 0 Å². The first-order valence-corrected chi connectivity index (χ1v) is 23.8. The van der Waals surface area contributed by atoms with Crippen molar-refractivity contribution in [1.29, 1.82) is 0 Å². The first-order valence-electron chi connectivity index (χ1n) is 23.8. The zero-order valence-electron chi connectivity index (χ0n) is 42.2. The predicted octanol–water partition coefficient (Wildman–Crippen LogP) is -12.2. The van der Waals surface area contributed by atoms with Gasteiger partial charge in [0.05, 0.1) is 0 Å². The van der Waals surface area contributed by atoms with Crippen molar-refractivity contribution in [2.24, 2.45) is 0 Å². The highest BCUT2D eigenvalue weighted by atomic mass is 16.3. The van der Waals surface area contributed by atoms with Gasteiger partial charge in [0.25, 0.3) is 0 Å². The largest absolute Gasteiger partial charge is 0.456 e. The third-order valence-electron chi connectivity index (χ3n) is 16.1. The summed E-state index contributed by atoms with van der Waals surface area (Å²) in [4.78, 5) is 1.62. The second-order valence-electron chi connectivity index (χ2n) is 20.6. The van der Waals surface area contributed by atoms with E-state index in [0.717, 1.165) is 0 Å². The number of furan rings is 1. The second-order valence-corrected chi connectivity index (χ2v) is 20.6. The molecule has 9 aromatic rings. The van der Waals surface area contributed by atoms with Crippen LogP contribution in [-0.2, 0) is 10.8 Å². The third kappa shape index (κ3) is 7.00. The van der Waals surface area contributed by atoms with E-state index in [1.807, 2.05) is 20.8 Å². The van der Waals surface area contributed by atoms with Crippen molar-refractivity contribution in [2.75, 3.05) is 4.90 Å². The lowest BCUT2D eigenvalue weighted by Crippen LogP contribution is -2.52. The Morgan fingerprint density at radius 3 is 1.58 bits per heavy atom. The van der Waals surface area contributed by atoms with Gasteiger partial charge in [-0.05, 0) is 80.2 Å². The fourth-order valence-corrected chi connectivity index (χ4v) is 12.4. The molecule has 0 bridgehead atoms. The van der Waals surface area contributed by atoms with Crippen LogP contribution in [0.4, 0.5) is 17.1 Å². The van der Waals surface area contributed by atoms with Crippen LogP contribution >= 0.6 is 0 Å². The maximum atomic E-state index is 7.33. The second kappa shape index (κ2) is 17.9. The lowest BCUT2D eigenvalue weighted by atomic mass is 9.57. The summed E-state index contributed by atoms with van der Waals surface area (Å²) >= 11 is 0. The Labute approximate surface area is 479 Å². The molecule has 0 saturated carbocycles. The first kappa shape index (κ1) is 53.8. The van der Waals surface area contributed by atoms with E-state index in [1.165, 1.54) is 6.07 Å². The van der Waals surface area contributed by atoms with Crippen molar-refractivity contribution in [3.05, 3.63) is 76.3 Å². The van der Waals surface area contributed by atoms with Gasteiger partial charge in [0.15, 0.2) is 0 Å². The number of rotatable bonds is 5. The Bertz CT molecular complexity index is 4260. The van der Waals surface area contributed by atoms with Gasteiger partial charge in [-0.3, -0.25) is 0 Å². The lowest BCUT2D eigenvalue weighted by Gasteiger charge is -2.36. The Balaban J connectivity index is 1.15. The molecule has 1 unspecified atom stereocenters. The molecule has 0 spiro atoms. The molecule has 8 aromatic carbocycles. The SMILES string of the molecule is [B]c1cc([B])c(N(c2ccc(-c3cc([B])c4c(oc5c(C6(C)c7ccc([B])c([B])c7-c7c([B])c([B])c([B])c([B])c76)c([B])c([B])c([B])c54)c3[B])c([B])c2[B])c2cc([B])c3c(c2[B])C(C)(C)c2c([B])cc([B])c([B])c2-3)c([B])c1[B]. The van der Waals surface area contributed by atoms with Gasteiger partial charge in [-0.25, -0.2) is 0 Å². The van der Waals surface area contributed by atoms with Gasteiger partial charge >= 0.3 is 0 Å². The van der Waals surface area contributed by atoms with Crippen LogP contribution in [0, 0.1) is 0 Å². The molecule has 77 heavy (non-hydrogen) atoms. The Hall–Kier alpha value is -5.21. The summed E-state index contributed by atoms with van der Waals surface area (Å²) in [5.74, 6) is 0. The van der Waals surface area contributed by atoms with Crippen LogP contribution in [-0.4, -0.2) is 173 Å². The topological polar surface area (TPSA) is 16.4 Å². The zero-order valence-corrected chi connectivity index (χ0v) is 42.2. The van der Waals surface area contributed by atoms with Gasteiger partial charge in [-0.1, -0.05) is 127 Å². The number of fused-ring (bicyclic) bond motifs is 9. The molecule has 1 heterocycles. The molecule has 2 aliphatic rings. The minimum absolute atomic E-state index is 0.00360. The number of benzene rings is 8. The van der Waals surface area contributed by atoms with Gasteiger partial charge in [-0.15, -0.1) is 38.2 Å². The summed E-state index contributed by atoms with van der Waals surface area (Å²) in [6.07, 6.45) is 0. The molecule has 2 aliphatic carbocycles. The molecule has 306 valence electrons. The van der Waals surface area contributed by atoms with E-state index in [-0.39, 0.29) is 137 Å². The average molecular weight is 922 g/mol. The Morgan fingerprint density at radius 2 is 0.909 bits per heavy atom. The highest BCUT2D eigenvalue weighted by Gasteiger charge is 2.47. The maximum Gasteiger partial charge on any atom is 0.138 e. The summed E-state index contributed by atoms with van der Waals surface area (Å²) < 4.78 is 6.89. The van der Waals surface area contributed by atoms with Crippen molar-refractivity contribution in [3.8, 4) is 33.4 Å². The van der Waals surface area contributed by atoms with Crippen LogP contribution in [0.25, 0.3) is 55.3 Å². The molecule has 44 radical (unpaired) electrons. The van der Waals surface area contributed by atoms with Crippen LogP contribution < -0.4 is 125 Å². The molecule has 0 fully saturated rings. The zero-order chi connectivity index (χ0) is 56.0. The predicted molar refractivity (Wildman–Crippen MR) is 347 cm³/mol. The fraction of sp³-hybridized carbons (Fsp3) is 0.0943. The van der Waals surface area contributed by atoms with Crippen LogP contribution in [0.5, 0.6) is 0 Å². The van der Waals surface area contributed by atoms with E-state index < -0.39 is 10.8 Å². The monoisotopic (exact) mass is 925 g/mol. The normalized spacial score (nSPS) is 14.9. The van der Waals surface area contributed by atoms with Crippen molar-refractivity contribution in [3.63, 3.8) is 0 Å². The van der Waals surface area contributed by atoms with E-state index in [1.54, 1.807) is 47.4 Å². The van der Waals surface area contributed by atoms with E-state index >= 15 is 0 Å². The van der Waals surface area contributed by atoms with Crippen LogP contribution in [0.1, 0.15) is 48.6 Å². The molecule has 0 N–H and O–H groups in total. The summed E-state index contributed by atoms with van der Waals surface area (Å²) in [6, 6.07) is 13.1. The smallest absolute Gasteiger partial charge is 0.138 e. The first-order chi connectivity index (χ1) is 36.0. The van der Waals surface area contributed by atoms with Crippen LogP contribution in [0.3, 0.4) is 0 Å². The van der Waals surface area contributed by atoms with E-state index in [4.69, 9.17) is 177 Å². The highest BCUT2D eigenvalue weighted by Crippen LogP contribution is 2.51. The van der Waals surface area contributed by atoms with Crippen molar-refractivity contribution in [2.45, 2.75) is 31.6 Å². The Morgan fingerprint density at radius 1 is 0.325 bits per heavy atom. The van der Waals surface area contributed by atoms with Gasteiger partial charge in [0.1, 0.15) is 184 Å². The summed E-state index contributed by atoms with van der Waals surface area (Å²) in [5.41, 5.74) is 7.03. The molecule has 0 saturated heterocycles. The van der Waals surface area contributed by atoms with E-state index in [0.29, 0.717) is 82.9 Å². The summed E-state index contributed by atoms with van der Waals surface area (Å²) in [7, 11) is 150. The molecule has 2 nitrogen and oxygen atoms in total. The molecule has 0 amide bonds. The molecule has 1 atom stereocenters. The molecular formula is C53H17B22NO. The number of nitrogens with zero attached hydrogens (tertiary/aromatic N) is 1. The highest BCUT2D eigenvalue weighted by molar-refractivity contribution is 6.67. The molecule has 0 aliphatic heterocycles. The van der Waals surface area contributed by atoms with Gasteiger partial charge in [0, 0.05) is 44.2 Å². The van der Waals surface area contributed by atoms with E-state index in [2.05, 4.69) is 0 Å². The van der Waals surface area contributed by atoms with Crippen LogP contribution in [0.15, 0.2) is 52.9 Å². The number of anilines is 3. The lowest BCUT2D eigenvalue weighted by molar-refractivity contribution is 0.643. The van der Waals surface area contributed by atoms with Gasteiger partial charge in [-0.2, -0.15) is 0 Å². The third-order valence-corrected chi connectivity index (χ3v) is 16.1. The quantitative estimate of drug-likeness (QED) is 0.160. The fourth-order valence-electron chi connectivity index (χ4n) is 12.4. The minimum atomic E-state index is -1.36. The molecule has 24 heteroatoms. The number of hydrogen-bond donors (Lipinski definition) is 0. The summed E-state index contributed by atoms with van der Waals surface area (Å²) in [6.45, 7) is 5.75. The van der Waals surface area contributed by atoms with Crippen molar-refractivity contribution < 1.29 is 4.42 Å². The molecule has 11 rings (SSSR count). The van der Waals surface area contributed by atoms with Crippen molar-refractivity contribution >= 4 is 332 Å². The Kier molecular flexibility index (Phi) is 12.5. The van der Waals surface area contributed by atoms with Crippen LogP contribution in [0.2, 0.25) is 0 Å². The number of hydrogen-bond acceptors (Lipinski definition) is 2. The maximum absolute atomic E-state index is 7.33. The standard InChI is InChI=1S/C53H17B22NO/c1-52(2)30-18(57)9-19(58)37(64)28(30)25-17(56)11-23(39(66)31(25)52)76(49-21(60)10-20(59)38(65)48(49)75)22-7-4-12(34(61)40(22)67)13-8-16(55)26-29-42(69)45(72)44(71)33(50(29)77-51(26)35(13)62)53(3)14-5-6-15(54)36(63)24(14)27-32(53)43(70)47(74)46(73)41(27)68/h4-11H,1-3H3.